The average molecular weight is 1130 g/mol. The zero-order valence-corrected chi connectivity index (χ0v) is 46.7. The van der Waals surface area contributed by atoms with Crippen molar-refractivity contribution in [1.29, 1.82) is 0 Å². The highest BCUT2D eigenvalue weighted by molar-refractivity contribution is 6.24. The third kappa shape index (κ3) is 13.7. The van der Waals surface area contributed by atoms with E-state index in [1.165, 1.54) is 39.5 Å². The number of benzene rings is 5. The standard InChI is InChI=1S/C61H67N5O16/c1-7-42(40-30-50(77-4)56(79-6)51(31-40)78-5)58(71)65-27-9-8-15-45(65)61(74)82-46(24-21-36-22-25-47(75-2)49(28-36)76-3)39-12-10-13-41(29-39)80-34-53(68)62-32-37-17-19-38(20-18-37)33-63-54(69)35-81-48-16-11-14-43-55(48)60(73)66(59(43)72)44-23-26-52(67)64-57(44)70/h10-14,16-20,22,25,28-31,42,44-46H,7-9,15,21,23-24,26-27,32-35H2,1-6H3,(H,62,68)(H,63,69)(H,64,67,70)/t42-,44?,45-,46?/m0/s1. The van der Waals surface area contributed by atoms with Crippen molar-refractivity contribution in [3.63, 3.8) is 0 Å². The molecule has 5 aromatic rings. The lowest BCUT2D eigenvalue weighted by Gasteiger charge is -2.37. The maximum Gasteiger partial charge on any atom is 0.329 e. The quantitative estimate of drug-likeness (QED) is 0.0427. The third-order valence-electron chi connectivity index (χ3n) is 14.6. The van der Waals surface area contributed by atoms with Crippen LogP contribution in [0.15, 0.2) is 97.1 Å². The molecule has 2 saturated heterocycles. The number of fused-ring (bicyclic) bond motifs is 1. The summed E-state index contributed by atoms with van der Waals surface area (Å²) >= 11 is 0. The van der Waals surface area contributed by atoms with Crippen molar-refractivity contribution in [2.24, 2.45) is 0 Å². The van der Waals surface area contributed by atoms with Gasteiger partial charge in [0.2, 0.25) is 23.5 Å². The Morgan fingerprint density at radius 2 is 1.29 bits per heavy atom. The number of nitrogens with one attached hydrogen (secondary N) is 3. The maximum absolute atomic E-state index is 14.6. The number of hydrogen-bond acceptors (Lipinski definition) is 16. The van der Waals surface area contributed by atoms with Gasteiger partial charge < -0.3 is 53.4 Å². The second-order valence-electron chi connectivity index (χ2n) is 19.8. The van der Waals surface area contributed by atoms with Crippen molar-refractivity contribution in [3.05, 3.63) is 136 Å². The second-order valence-corrected chi connectivity index (χ2v) is 19.8. The molecule has 21 heteroatoms. The molecule has 2 unspecified atom stereocenters. The average Bonchev–Trinajstić information content (AvgIpc) is 3.99. The minimum atomic E-state index is -1.14. The Labute approximate surface area is 474 Å². The topological polar surface area (TPSA) is 253 Å². The highest BCUT2D eigenvalue weighted by atomic mass is 16.5. The van der Waals surface area contributed by atoms with Gasteiger partial charge in [0, 0.05) is 26.1 Å². The number of rotatable bonds is 25. The van der Waals surface area contributed by atoms with E-state index in [0.717, 1.165) is 34.4 Å². The molecule has 5 aromatic carbocycles. The van der Waals surface area contributed by atoms with E-state index >= 15 is 0 Å². The lowest BCUT2D eigenvalue weighted by Crippen LogP contribution is -2.54. The fourth-order valence-electron chi connectivity index (χ4n) is 10.3. The number of aryl methyl sites for hydroxylation is 1. The summed E-state index contributed by atoms with van der Waals surface area (Å²) in [6, 6.07) is 25.8. The predicted octanol–water partition coefficient (Wildman–Crippen LogP) is 6.31. The molecule has 0 aliphatic carbocycles. The number of piperidine rings is 2. The molecule has 8 rings (SSSR count). The summed E-state index contributed by atoms with van der Waals surface area (Å²) in [5.41, 5.74) is 3.70. The molecule has 3 heterocycles. The molecule has 3 aliphatic heterocycles. The first-order chi connectivity index (χ1) is 39.7. The van der Waals surface area contributed by atoms with Crippen molar-refractivity contribution in [3.8, 4) is 40.2 Å². The van der Waals surface area contributed by atoms with E-state index in [-0.39, 0.29) is 55.3 Å². The first kappa shape index (κ1) is 59.0. The zero-order valence-electron chi connectivity index (χ0n) is 46.7. The van der Waals surface area contributed by atoms with Crippen LogP contribution in [0.5, 0.6) is 40.2 Å². The first-order valence-corrected chi connectivity index (χ1v) is 27.0. The number of ether oxygens (including phenoxy) is 8. The summed E-state index contributed by atoms with van der Waals surface area (Å²) in [7, 11) is 7.67. The van der Waals surface area contributed by atoms with Gasteiger partial charge in [-0.2, -0.15) is 0 Å². The lowest BCUT2D eigenvalue weighted by atomic mass is 9.91. The molecule has 3 aliphatic rings. The fraction of sp³-hybridized carbons (Fsp3) is 0.377. The van der Waals surface area contributed by atoms with Crippen LogP contribution in [0.1, 0.15) is 112 Å². The van der Waals surface area contributed by atoms with E-state index in [0.29, 0.717) is 77.9 Å². The van der Waals surface area contributed by atoms with Gasteiger partial charge in [0.1, 0.15) is 29.7 Å². The summed E-state index contributed by atoms with van der Waals surface area (Å²) in [4.78, 5) is 108. The van der Waals surface area contributed by atoms with Gasteiger partial charge in [0.05, 0.1) is 52.6 Å². The predicted molar refractivity (Wildman–Crippen MR) is 296 cm³/mol. The van der Waals surface area contributed by atoms with Gasteiger partial charge in [-0.3, -0.25) is 43.8 Å². The largest absolute Gasteiger partial charge is 0.493 e. The molecule has 7 amide bonds. The van der Waals surface area contributed by atoms with Gasteiger partial charge in [0.15, 0.2) is 36.2 Å². The van der Waals surface area contributed by atoms with Crippen LogP contribution >= 0.6 is 0 Å². The lowest BCUT2D eigenvalue weighted by molar-refractivity contribution is -0.162. The number of esters is 1. The third-order valence-corrected chi connectivity index (χ3v) is 14.6. The molecule has 2 fully saturated rings. The van der Waals surface area contributed by atoms with E-state index in [1.54, 1.807) is 73.7 Å². The molecule has 4 atom stereocenters. The van der Waals surface area contributed by atoms with Crippen molar-refractivity contribution in [2.45, 2.75) is 95.5 Å². The maximum atomic E-state index is 14.6. The number of nitrogens with zero attached hydrogens (tertiary/aromatic N) is 2. The van der Waals surface area contributed by atoms with Crippen LogP contribution < -0.4 is 49.1 Å². The fourth-order valence-corrected chi connectivity index (χ4v) is 10.3. The van der Waals surface area contributed by atoms with Gasteiger partial charge >= 0.3 is 5.97 Å². The highest BCUT2D eigenvalue weighted by Crippen LogP contribution is 2.42. The van der Waals surface area contributed by atoms with Crippen LogP contribution in [0.25, 0.3) is 0 Å². The van der Waals surface area contributed by atoms with E-state index < -0.39 is 72.1 Å². The molecule has 3 N–H and O–H groups in total. The van der Waals surface area contributed by atoms with Gasteiger partial charge in [-0.05, 0) is 121 Å². The first-order valence-electron chi connectivity index (χ1n) is 27.0. The monoisotopic (exact) mass is 1130 g/mol. The molecule has 0 bridgehead atoms. The van der Waals surface area contributed by atoms with Gasteiger partial charge in [-0.1, -0.05) is 55.5 Å². The number of carbonyl (C=O) groups is 8. The van der Waals surface area contributed by atoms with E-state index in [2.05, 4.69) is 16.0 Å². The Hall–Kier alpha value is -9.14. The number of methoxy groups -OCH3 is 5. The summed E-state index contributed by atoms with van der Waals surface area (Å²) < 4.78 is 45.8. The van der Waals surface area contributed by atoms with Crippen LogP contribution in [0, 0.1) is 0 Å². The van der Waals surface area contributed by atoms with E-state index in [4.69, 9.17) is 37.9 Å². The zero-order chi connectivity index (χ0) is 58.5. The molecular formula is C61H67N5O16. The van der Waals surface area contributed by atoms with Crippen LogP contribution in [0.4, 0.5) is 0 Å². The smallest absolute Gasteiger partial charge is 0.329 e. The normalized spacial score (nSPS) is 16.5. The molecule has 0 spiro atoms. The van der Waals surface area contributed by atoms with Crippen LogP contribution in [0.3, 0.4) is 0 Å². The number of amides is 7. The summed E-state index contributed by atoms with van der Waals surface area (Å²) in [6.07, 6.45) is 2.34. The van der Waals surface area contributed by atoms with Crippen molar-refractivity contribution < 1.29 is 76.3 Å². The van der Waals surface area contributed by atoms with Crippen molar-refractivity contribution >= 4 is 47.3 Å². The SMILES string of the molecule is CC[C@H](C(=O)N1CCCC[C@H]1C(=O)OC(CCc1ccc(OC)c(OC)c1)c1cccc(OCC(=O)NCc2ccc(CNC(=O)COc3cccc4c3C(=O)N(C3CCC(=O)NC3=O)C4=O)cc2)c1)c1cc(OC)c(OC)c(OC)c1. The summed E-state index contributed by atoms with van der Waals surface area (Å²) in [5.74, 6) is -2.16. The van der Waals surface area contributed by atoms with Gasteiger partial charge in [-0.15, -0.1) is 0 Å². The molecule has 82 heavy (non-hydrogen) atoms. The Balaban J connectivity index is 0.859. The minimum Gasteiger partial charge on any atom is -0.493 e. The van der Waals surface area contributed by atoms with Crippen LogP contribution in [0.2, 0.25) is 0 Å². The highest BCUT2D eigenvalue weighted by Gasteiger charge is 2.46. The minimum absolute atomic E-state index is 0.00299. The number of imide groups is 2. The molecule has 0 radical (unpaired) electrons. The Morgan fingerprint density at radius 3 is 1.93 bits per heavy atom. The Bertz CT molecular complexity index is 3180. The number of hydrogen-bond donors (Lipinski definition) is 3. The molecule has 0 aromatic heterocycles. The van der Waals surface area contributed by atoms with E-state index in [1.807, 2.05) is 31.2 Å². The Kier molecular flexibility index (Phi) is 19.7. The molecule has 432 valence electrons. The van der Waals surface area contributed by atoms with E-state index in [9.17, 15) is 38.4 Å². The second kappa shape index (κ2) is 27.3. The Morgan fingerprint density at radius 1 is 0.646 bits per heavy atom. The molecule has 0 saturated carbocycles. The molecular weight excluding hydrogens is 1060 g/mol. The summed E-state index contributed by atoms with van der Waals surface area (Å²) in [5, 5.41) is 7.78. The molecule has 21 nitrogen and oxygen atoms in total. The van der Waals surface area contributed by atoms with Crippen LogP contribution in [-0.4, -0.2) is 125 Å². The van der Waals surface area contributed by atoms with Crippen LogP contribution in [-0.2, 0) is 53.0 Å². The van der Waals surface area contributed by atoms with Gasteiger partial charge in [0.25, 0.3) is 23.6 Å². The van der Waals surface area contributed by atoms with Gasteiger partial charge in [-0.25, -0.2) is 4.79 Å². The van der Waals surface area contributed by atoms with Crippen molar-refractivity contribution in [1.82, 2.24) is 25.8 Å². The summed E-state index contributed by atoms with van der Waals surface area (Å²) in [6.45, 7) is 1.83. The number of likely N-dealkylation sites (tertiary alicyclic amines) is 1. The van der Waals surface area contributed by atoms with Crippen molar-refractivity contribution in [2.75, 3.05) is 55.3 Å². The number of carbonyl (C=O) groups excluding carboxylic acids is 8.